The van der Waals surface area contributed by atoms with Gasteiger partial charge in [-0.2, -0.15) is 0 Å². The first-order valence-electron chi connectivity index (χ1n) is 29.0. The molecule has 1 aromatic heterocycles. The summed E-state index contributed by atoms with van der Waals surface area (Å²) < 4.78 is 0. The summed E-state index contributed by atoms with van der Waals surface area (Å²) in [6.45, 7) is 27.6. The average molecular weight is 1050 g/mol. The van der Waals surface area contributed by atoms with Gasteiger partial charge in [0.2, 0.25) is 0 Å². The fourth-order valence-corrected chi connectivity index (χ4v) is 12.9. The molecule has 14 rings (SSSR count). The van der Waals surface area contributed by atoms with E-state index in [1.54, 1.807) is 0 Å². The molecule has 0 atom stereocenters. The maximum atomic E-state index is 5.83. The SMILES string of the molecule is CC(C)(C)c1ccc(N2c3cc(-c4nc(-c5cc(C(C)(C)C)cc(C(C)(C)C)c5)c5ccccc5n4)cc4c3B(c3ccc5cc6ccccc6cc5c32)c2ccc3cc5ccccc5cc3c2N4c2ccc(C(C)(C)C)cc2)cc1. The Morgan fingerprint density at radius 2 is 0.753 bits per heavy atom. The molecule has 0 N–H and O–H groups in total. The van der Waals surface area contributed by atoms with E-state index < -0.39 is 0 Å². The average Bonchev–Trinajstić information content (AvgIpc) is 3.60. The van der Waals surface area contributed by atoms with Crippen LogP contribution in [0, 0.1) is 0 Å². The summed E-state index contributed by atoms with van der Waals surface area (Å²) in [6, 6.07) is 76.2. The highest BCUT2D eigenvalue weighted by molar-refractivity contribution is 7.00. The van der Waals surface area contributed by atoms with Crippen molar-refractivity contribution in [3.8, 4) is 22.6 Å². The summed E-state index contributed by atoms with van der Waals surface area (Å²) in [7, 11) is 0. The summed E-state index contributed by atoms with van der Waals surface area (Å²) in [6.07, 6.45) is 0. The Morgan fingerprint density at radius 3 is 1.20 bits per heavy atom. The van der Waals surface area contributed by atoms with Gasteiger partial charge in [0.1, 0.15) is 0 Å². The molecule has 0 amide bonds. The molecule has 3 heterocycles. The van der Waals surface area contributed by atoms with Crippen molar-refractivity contribution in [1.29, 1.82) is 0 Å². The van der Waals surface area contributed by atoms with E-state index in [9.17, 15) is 0 Å². The van der Waals surface area contributed by atoms with Crippen molar-refractivity contribution in [2.45, 2.75) is 105 Å². The van der Waals surface area contributed by atoms with Crippen LogP contribution < -0.4 is 26.2 Å². The van der Waals surface area contributed by atoms with Crippen LogP contribution in [0.4, 0.5) is 34.1 Å². The van der Waals surface area contributed by atoms with Gasteiger partial charge >= 0.3 is 0 Å². The highest BCUT2D eigenvalue weighted by Crippen LogP contribution is 2.50. The first kappa shape index (κ1) is 50.7. The normalized spacial score (nSPS) is 13.6. The van der Waals surface area contributed by atoms with E-state index in [4.69, 9.17) is 9.97 Å². The fraction of sp³-hybridized carbons (Fsp3) is 0.211. The van der Waals surface area contributed by atoms with Crippen molar-refractivity contribution in [2.24, 2.45) is 0 Å². The van der Waals surface area contributed by atoms with Crippen molar-refractivity contribution < 1.29 is 0 Å². The lowest BCUT2D eigenvalue weighted by Crippen LogP contribution is -2.61. The van der Waals surface area contributed by atoms with Gasteiger partial charge in [-0.15, -0.1) is 0 Å². The molecule has 0 saturated heterocycles. The lowest BCUT2D eigenvalue weighted by molar-refractivity contribution is 0.569. The lowest BCUT2D eigenvalue weighted by atomic mass is 9.33. The third-order valence-corrected chi connectivity index (χ3v) is 17.5. The van der Waals surface area contributed by atoms with Crippen molar-refractivity contribution in [3.05, 3.63) is 222 Å². The number of para-hydroxylation sites is 1. The molecule has 2 aliphatic rings. The van der Waals surface area contributed by atoms with Crippen LogP contribution in [0.15, 0.2) is 200 Å². The van der Waals surface area contributed by atoms with E-state index in [2.05, 4.69) is 293 Å². The summed E-state index contributed by atoms with van der Waals surface area (Å²) >= 11 is 0. The second kappa shape index (κ2) is 18.0. The van der Waals surface area contributed by atoms with Crippen LogP contribution >= 0.6 is 0 Å². The maximum Gasteiger partial charge on any atom is 0.252 e. The van der Waals surface area contributed by atoms with Gasteiger partial charge in [0.15, 0.2) is 5.82 Å². The molecule has 0 fully saturated rings. The van der Waals surface area contributed by atoms with Gasteiger partial charge in [-0.1, -0.05) is 204 Å². The van der Waals surface area contributed by atoms with Gasteiger partial charge in [0, 0.05) is 61.4 Å². The molecule has 5 heteroatoms. The molecule has 2 aliphatic heterocycles. The molecular formula is C76H69BN4. The van der Waals surface area contributed by atoms with Gasteiger partial charge in [-0.25, -0.2) is 9.97 Å². The number of benzene rings is 11. The Balaban J connectivity index is 1.14. The smallest absolute Gasteiger partial charge is 0.252 e. The minimum Gasteiger partial charge on any atom is -0.311 e. The predicted octanol–water partition coefficient (Wildman–Crippen LogP) is 18.8. The van der Waals surface area contributed by atoms with Crippen LogP contribution in [-0.4, -0.2) is 16.7 Å². The monoisotopic (exact) mass is 1050 g/mol. The summed E-state index contributed by atoms with van der Waals surface area (Å²) in [4.78, 5) is 16.6. The van der Waals surface area contributed by atoms with Crippen LogP contribution in [0.5, 0.6) is 0 Å². The van der Waals surface area contributed by atoms with Crippen LogP contribution in [0.2, 0.25) is 0 Å². The van der Waals surface area contributed by atoms with Gasteiger partial charge in [0.25, 0.3) is 6.71 Å². The minimum atomic E-state index is -0.125. The van der Waals surface area contributed by atoms with E-state index in [0.717, 1.165) is 50.5 Å². The molecule has 4 nitrogen and oxygen atoms in total. The Hall–Kier alpha value is -8.54. The largest absolute Gasteiger partial charge is 0.311 e. The van der Waals surface area contributed by atoms with Crippen molar-refractivity contribution >= 4 is 111 Å². The molecule has 12 aromatic rings. The fourth-order valence-electron chi connectivity index (χ4n) is 12.9. The zero-order valence-electron chi connectivity index (χ0n) is 48.9. The second-order valence-electron chi connectivity index (χ2n) is 27.2. The molecule has 0 spiro atoms. The van der Waals surface area contributed by atoms with Crippen LogP contribution in [0.3, 0.4) is 0 Å². The van der Waals surface area contributed by atoms with Crippen LogP contribution in [-0.2, 0) is 21.7 Å². The Labute approximate surface area is 478 Å². The molecular weight excluding hydrogens is 980 g/mol. The zero-order chi connectivity index (χ0) is 56.1. The number of hydrogen-bond donors (Lipinski definition) is 0. The third-order valence-electron chi connectivity index (χ3n) is 17.5. The zero-order valence-corrected chi connectivity index (χ0v) is 48.9. The molecule has 396 valence electrons. The van der Waals surface area contributed by atoms with Crippen molar-refractivity contribution in [1.82, 2.24) is 9.97 Å². The van der Waals surface area contributed by atoms with Crippen molar-refractivity contribution in [3.63, 3.8) is 0 Å². The van der Waals surface area contributed by atoms with E-state index in [1.807, 2.05) is 0 Å². The summed E-state index contributed by atoms with van der Waals surface area (Å²) in [5.74, 6) is 0.688. The molecule has 81 heavy (non-hydrogen) atoms. The first-order chi connectivity index (χ1) is 38.7. The Kier molecular flexibility index (Phi) is 11.3. The third kappa shape index (κ3) is 8.41. The molecule has 11 aromatic carbocycles. The topological polar surface area (TPSA) is 32.3 Å². The molecule has 0 unspecified atom stereocenters. The number of nitrogens with zero attached hydrogens (tertiary/aromatic N) is 4. The number of rotatable bonds is 4. The molecule has 0 radical (unpaired) electrons. The summed E-state index contributed by atoms with van der Waals surface area (Å²) in [5, 5.41) is 10.8. The van der Waals surface area contributed by atoms with E-state index >= 15 is 0 Å². The number of aromatic nitrogens is 2. The predicted molar refractivity (Wildman–Crippen MR) is 349 cm³/mol. The maximum absolute atomic E-state index is 5.83. The standard InChI is InChI=1S/C76H69BN4/c1-73(2,3)54-27-31-58(32-28-54)80-66-43-53(72-78-65-24-18-17-23-60(65)69(79-72)52-39-56(75(7,8)9)45-57(40-52)76(10,11)12)44-67-68(66)77(63-35-25-50-37-46-19-13-15-21-48(46)41-61(50)70(63)80)64-36-26-51-38-47-20-14-16-22-49(47)42-62(51)71(64)81(67)59-33-29-55(30-34-59)74(4,5)6/h13-45H,1-12H3. The second-order valence-corrected chi connectivity index (χ2v) is 27.2. The van der Waals surface area contributed by atoms with Crippen LogP contribution in [0.25, 0.3) is 76.6 Å². The Morgan fingerprint density at radius 1 is 0.333 bits per heavy atom. The van der Waals surface area contributed by atoms with Crippen LogP contribution in [0.1, 0.15) is 105 Å². The number of fused-ring (bicyclic) bond motifs is 11. The molecule has 0 saturated carbocycles. The molecule has 0 aliphatic carbocycles. The first-order valence-corrected chi connectivity index (χ1v) is 29.0. The minimum absolute atomic E-state index is 0.0276. The quantitative estimate of drug-likeness (QED) is 0.130. The molecule has 0 bridgehead atoms. The van der Waals surface area contributed by atoms with Gasteiger partial charge in [0.05, 0.1) is 11.2 Å². The van der Waals surface area contributed by atoms with Crippen molar-refractivity contribution in [2.75, 3.05) is 9.80 Å². The van der Waals surface area contributed by atoms with Gasteiger partial charge in [-0.05, 0) is 171 Å². The number of anilines is 6. The van der Waals surface area contributed by atoms with E-state index in [1.165, 1.54) is 93.1 Å². The lowest BCUT2D eigenvalue weighted by Gasteiger charge is -2.45. The van der Waals surface area contributed by atoms with E-state index in [-0.39, 0.29) is 28.4 Å². The summed E-state index contributed by atoms with van der Waals surface area (Å²) in [5.41, 5.74) is 19.5. The number of hydrogen-bond acceptors (Lipinski definition) is 4. The Bertz CT molecular complexity index is 4320. The van der Waals surface area contributed by atoms with Gasteiger partial charge in [-0.3, -0.25) is 0 Å². The van der Waals surface area contributed by atoms with Gasteiger partial charge < -0.3 is 9.80 Å². The highest BCUT2D eigenvalue weighted by atomic mass is 15.2. The highest BCUT2D eigenvalue weighted by Gasteiger charge is 2.45. The van der Waals surface area contributed by atoms with E-state index in [0.29, 0.717) is 5.82 Å².